The maximum Gasteiger partial charge on any atom is 0.0447 e. The van der Waals surface area contributed by atoms with Gasteiger partial charge in [-0.25, -0.2) is 0 Å². The number of hydrogen-bond acceptors (Lipinski definition) is 0. The van der Waals surface area contributed by atoms with E-state index in [9.17, 15) is 0 Å². The molecule has 2 aliphatic carbocycles. The van der Waals surface area contributed by atoms with Crippen molar-refractivity contribution in [2.45, 2.75) is 140 Å². The lowest BCUT2D eigenvalue weighted by atomic mass is 9.97. The van der Waals surface area contributed by atoms with Crippen molar-refractivity contribution in [3.8, 4) is 0 Å². The van der Waals surface area contributed by atoms with Crippen LogP contribution in [0.3, 0.4) is 0 Å². The summed E-state index contributed by atoms with van der Waals surface area (Å²) in [5, 5.41) is 0.426. The van der Waals surface area contributed by atoms with Gasteiger partial charge < -0.3 is 0 Å². The Labute approximate surface area is 232 Å². The van der Waals surface area contributed by atoms with E-state index in [1.165, 1.54) is 127 Å². The summed E-state index contributed by atoms with van der Waals surface area (Å²) < 4.78 is 0. The third kappa shape index (κ3) is 11.4. The maximum atomic E-state index is 2.56. The van der Waals surface area contributed by atoms with Gasteiger partial charge >= 0.3 is 0 Å². The van der Waals surface area contributed by atoms with Crippen LogP contribution in [0.25, 0.3) is 5.57 Å². The SMILES string of the molecule is CCCCCCCCCCCCCCCCCCC1=C(c2ccccc2)C=CC1[SiH2]C1(C)C=CC=CC1. The van der Waals surface area contributed by atoms with Crippen LogP contribution in [0.2, 0.25) is 10.6 Å². The third-order valence-electron chi connectivity index (χ3n) is 8.69. The highest BCUT2D eigenvalue weighted by Gasteiger charge is 2.30. The Morgan fingerprint density at radius 1 is 0.730 bits per heavy atom. The minimum Gasteiger partial charge on any atom is -0.0840 e. The highest BCUT2D eigenvalue weighted by atomic mass is 28.2. The molecule has 0 bridgehead atoms. The average Bonchev–Trinajstić information content (AvgIpc) is 3.30. The lowest BCUT2D eigenvalue weighted by molar-refractivity contribution is 0.529. The molecule has 0 radical (unpaired) electrons. The van der Waals surface area contributed by atoms with E-state index in [-0.39, 0.29) is 9.52 Å². The van der Waals surface area contributed by atoms with Crippen LogP contribution in [0, 0.1) is 0 Å². The van der Waals surface area contributed by atoms with E-state index < -0.39 is 0 Å². The van der Waals surface area contributed by atoms with Crippen LogP contribution >= 0.6 is 0 Å². The molecule has 0 amide bonds. The Balaban J connectivity index is 1.31. The van der Waals surface area contributed by atoms with E-state index in [0.717, 1.165) is 5.54 Å². The molecule has 0 nitrogen and oxygen atoms in total. The summed E-state index contributed by atoms with van der Waals surface area (Å²) in [6.45, 7) is 4.80. The highest BCUT2D eigenvalue weighted by molar-refractivity contribution is 6.45. The molecule has 2 aliphatic rings. The van der Waals surface area contributed by atoms with Crippen LogP contribution in [0.1, 0.15) is 135 Å². The molecule has 0 heterocycles. The summed E-state index contributed by atoms with van der Waals surface area (Å²) in [6, 6.07) is 11.2. The molecule has 0 aromatic heterocycles. The standard InChI is InChI=1S/C36H56Si/c1-3-4-5-6-7-8-9-10-11-12-13-14-15-16-17-22-27-34-33(32-25-20-18-21-26-32)28-29-35(34)37-36(2)30-23-19-24-31-36/h18-21,23-26,28-30,35H,3-17,22,27,31,37H2,1-2H3. The van der Waals surface area contributed by atoms with E-state index in [2.05, 4.69) is 80.6 Å². The molecule has 0 saturated carbocycles. The minimum absolute atomic E-state index is 0.288. The van der Waals surface area contributed by atoms with E-state index >= 15 is 0 Å². The van der Waals surface area contributed by atoms with Gasteiger partial charge in [-0.05, 0) is 41.0 Å². The first-order valence-corrected chi connectivity index (χ1v) is 17.6. The maximum absolute atomic E-state index is 2.56. The van der Waals surface area contributed by atoms with Crippen molar-refractivity contribution in [1.82, 2.24) is 0 Å². The van der Waals surface area contributed by atoms with Gasteiger partial charge in [0.1, 0.15) is 0 Å². The zero-order valence-electron chi connectivity index (χ0n) is 24.4. The molecule has 3 rings (SSSR count). The summed E-state index contributed by atoms with van der Waals surface area (Å²) in [7, 11) is -0.288. The van der Waals surface area contributed by atoms with Crippen LogP contribution in [0.4, 0.5) is 0 Å². The molecule has 0 N–H and O–H groups in total. The first kappa shape index (κ1) is 29.9. The van der Waals surface area contributed by atoms with Crippen LogP contribution in [-0.4, -0.2) is 9.52 Å². The Kier molecular flexibility index (Phi) is 14.4. The van der Waals surface area contributed by atoms with E-state index in [1.807, 2.05) is 0 Å². The zero-order chi connectivity index (χ0) is 26.0. The molecule has 204 valence electrons. The minimum atomic E-state index is -0.288. The Hall–Kier alpha value is -1.60. The normalized spacial score (nSPS) is 21.2. The zero-order valence-corrected chi connectivity index (χ0v) is 25.8. The second kappa shape index (κ2) is 17.8. The largest absolute Gasteiger partial charge is 0.0840 e. The molecule has 37 heavy (non-hydrogen) atoms. The number of hydrogen-bond donors (Lipinski definition) is 0. The molecule has 0 fully saturated rings. The second-order valence-corrected chi connectivity index (χ2v) is 15.1. The fraction of sp³-hybridized carbons (Fsp3) is 0.611. The fourth-order valence-corrected chi connectivity index (χ4v) is 8.89. The van der Waals surface area contributed by atoms with Gasteiger partial charge in [0.25, 0.3) is 0 Å². The average molecular weight is 517 g/mol. The lowest BCUT2D eigenvalue weighted by Gasteiger charge is -2.30. The van der Waals surface area contributed by atoms with Crippen molar-refractivity contribution in [2.24, 2.45) is 0 Å². The van der Waals surface area contributed by atoms with E-state index in [0.29, 0.717) is 5.04 Å². The van der Waals surface area contributed by atoms with Crippen molar-refractivity contribution in [1.29, 1.82) is 0 Å². The number of rotatable bonds is 20. The predicted octanol–water partition coefficient (Wildman–Crippen LogP) is 11.3. The number of benzene rings is 1. The molecule has 0 saturated heterocycles. The van der Waals surface area contributed by atoms with Gasteiger partial charge in [-0.15, -0.1) is 0 Å². The van der Waals surface area contributed by atoms with Crippen LogP contribution < -0.4 is 0 Å². The summed E-state index contributed by atoms with van der Waals surface area (Å²) >= 11 is 0. The molecule has 1 aromatic carbocycles. The van der Waals surface area contributed by atoms with Crippen molar-refractivity contribution < 1.29 is 0 Å². The summed E-state index contributed by atoms with van der Waals surface area (Å²) in [5.74, 6) is 0. The molecular formula is C36H56Si. The molecular weight excluding hydrogens is 460 g/mol. The molecule has 1 aromatic rings. The van der Waals surface area contributed by atoms with Crippen molar-refractivity contribution in [3.05, 3.63) is 77.9 Å². The number of unbranched alkanes of at least 4 members (excludes halogenated alkanes) is 15. The van der Waals surface area contributed by atoms with Crippen LogP contribution in [0.15, 0.2) is 72.4 Å². The monoisotopic (exact) mass is 516 g/mol. The molecule has 2 unspecified atom stereocenters. The van der Waals surface area contributed by atoms with E-state index in [1.54, 1.807) is 5.57 Å². The highest BCUT2D eigenvalue weighted by Crippen LogP contribution is 2.45. The molecule has 0 aliphatic heterocycles. The van der Waals surface area contributed by atoms with Crippen LogP contribution in [0.5, 0.6) is 0 Å². The molecule has 2 atom stereocenters. The van der Waals surface area contributed by atoms with Gasteiger partial charge in [0, 0.05) is 9.52 Å². The second-order valence-electron chi connectivity index (χ2n) is 12.2. The van der Waals surface area contributed by atoms with Gasteiger partial charge in [0.2, 0.25) is 0 Å². The van der Waals surface area contributed by atoms with Crippen molar-refractivity contribution >= 4 is 15.1 Å². The molecule has 0 spiro atoms. The van der Waals surface area contributed by atoms with E-state index in [4.69, 9.17) is 0 Å². The fourth-order valence-electron chi connectivity index (χ4n) is 6.33. The van der Waals surface area contributed by atoms with Gasteiger partial charge in [-0.1, -0.05) is 183 Å². The molecule has 1 heteroatoms. The quantitative estimate of drug-likeness (QED) is 0.119. The van der Waals surface area contributed by atoms with Gasteiger partial charge in [-0.3, -0.25) is 0 Å². The van der Waals surface area contributed by atoms with Crippen molar-refractivity contribution in [3.63, 3.8) is 0 Å². The topological polar surface area (TPSA) is 0 Å². The van der Waals surface area contributed by atoms with Gasteiger partial charge in [0.15, 0.2) is 0 Å². The van der Waals surface area contributed by atoms with Gasteiger partial charge in [0.05, 0.1) is 0 Å². The Morgan fingerprint density at radius 3 is 1.84 bits per heavy atom. The van der Waals surface area contributed by atoms with Crippen LogP contribution in [-0.2, 0) is 0 Å². The number of allylic oxidation sites excluding steroid dienone is 8. The first-order chi connectivity index (χ1) is 18.2. The first-order valence-electron chi connectivity index (χ1n) is 16.0. The summed E-state index contributed by atoms with van der Waals surface area (Å²) in [5.41, 5.74) is 5.45. The smallest absolute Gasteiger partial charge is 0.0447 e. The lowest BCUT2D eigenvalue weighted by Crippen LogP contribution is -2.20. The Bertz CT molecular complexity index is 858. The predicted molar refractivity (Wildman–Crippen MR) is 170 cm³/mol. The summed E-state index contributed by atoms with van der Waals surface area (Å²) in [6.07, 6.45) is 40.0. The van der Waals surface area contributed by atoms with Crippen molar-refractivity contribution in [2.75, 3.05) is 0 Å². The third-order valence-corrected chi connectivity index (χ3v) is 11.4. The van der Waals surface area contributed by atoms with Gasteiger partial charge in [-0.2, -0.15) is 0 Å². The summed E-state index contributed by atoms with van der Waals surface area (Å²) in [4.78, 5) is 0. The Morgan fingerprint density at radius 2 is 1.30 bits per heavy atom.